The van der Waals surface area contributed by atoms with E-state index in [0.717, 1.165) is 57.5 Å². The molecule has 0 saturated heterocycles. The third-order valence-electron chi connectivity index (χ3n) is 8.72. The van der Waals surface area contributed by atoms with E-state index in [9.17, 15) is 9.90 Å². The van der Waals surface area contributed by atoms with Gasteiger partial charge in [-0.2, -0.15) is 4.98 Å². The Morgan fingerprint density at radius 3 is 2.39 bits per heavy atom. The first-order valence-corrected chi connectivity index (χ1v) is 15.3. The fourth-order valence-electron chi connectivity index (χ4n) is 6.45. The average Bonchev–Trinajstić information content (AvgIpc) is 3.50. The third-order valence-corrected chi connectivity index (χ3v) is 8.72. The summed E-state index contributed by atoms with van der Waals surface area (Å²) in [6, 6.07) is 21.8. The molecule has 1 saturated carbocycles. The van der Waals surface area contributed by atoms with Gasteiger partial charge >= 0.3 is 12.0 Å². The monoisotopic (exact) mass is 615 g/mol. The van der Waals surface area contributed by atoms with Crippen molar-refractivity contribution in [2.75, 3.05) is 21.3 Å². The Balaban J connectivity index is 1.33. The molecule has 3 aromatic carbocycles. The minimum atomic E-state index is -0.958. The topological polar surface area (TPSA) is 121 Å². The van der Waals surface area contributed by atoms with Gasteiger partial charge in [0, 0.05) is 28.8 Å². The van der Waals surface area contributed by atoms with Crippen molar-refractivity contribution in [3.63, 3.8) is 0 Å². The van der Waals surface area contributed by atoms with Crippen LogP contribution < -0.4 is 14.2 Å². The maximum absolute atomic E-state index is 11.7. The summed E-state index contributed by atoms with van der Waals surface area (Å²) in [7, 11) is 4.71. The quantitative estimate of drug-likeness (QED) is 0.184. The van der Waals surface area contributed by atoms with Crippen LogP contribution in [0.4, 0.5) is 0 Å². The lowest BCUT2D eigenvalue weighted by molar-refractivity contribution is 0.0697. The molecule has 3 heterocycles. The molecule has 46 heavy (non-hydrogen) atoms. The molecule has 0 aliphatic heterocycles. The van der Waals surface area contributed by atoms with Gasteiger partial charge in [-0.15, -0.1) is 0 Å². The molecule has 1 N–H and O–H groups in total. The molecule has 0 atom stereocenters. The molecule has 0 bridgehead atoms. The van der Waals surface area contributed by atoms with Gasteiger partial charge in [-0.3, -0.25) is 0 Å². The zero-order chi connectivity index (χ0) is 31.8. The van der Waals surface area contributed by atoms with Crippen LogP contribution in [0.5, 0.6) is 17.6 Å². The zero-order valence-electron chi connectivity index (χ0n) is 25.9. The second kappa shape index (κ2) is 12.1. The number of aromatic carboxylic acids is 1. The van der Waals surface area contributed by atoms with Crippen molar-refractivity contribution in [1.29, 1.82) is 0 Å². The predicted octanol–water partition coefficient (Wildman–Crippen LogP) is 7.60. The van der Waals surface area contributed by atoms with Gasteiger partial charge in [0.05, 0.1) is 54.7 Å². The van der Waals surface area contributed by atoms with E-state index < -0.39 is 5.97 Å². The molecule has 1 fully saturated rings. The van der Waals surface area contributed by atoms with Crippen LogP contribution in [0.15, 0.2) is 72.9 Å². The number of nitrogens with zero attached hydrogens (tertiary/aromatic N) is 5. The Labute approximate surface area is 265 Å². The summed E-state index contributed by atoms with van der Waals surface area (Å²) < 4.78 is 18.7. The largest absolute Gasteiger partial charge is 0.497 e. The van der Waals surface area contributed by atoms with Crippen molar-refractivity contribution in [3.8, 4) is 51.4 Å². The molecule has 7 rings (SSSR count). The molecule has 0 unspecified atom stereocenters. The van der Waals surface area contributed by atoms with Gasteiger partial charge in [0.25, 0.3) is 0 Å². The number of hydrogen-bond donors (Lipinski definition) is 1. The van der Waals surface area contributed by atoms with Crippen LogP contribution in [0.3, 0.4) is 0 Å². The lowest BCUT2D eigenvalue weighted by Gasteiger charge is -2.25. The summed E-state index contributed by atoms with van der Waals surface area (Å²) in [5.74, 6) is 0.967. The Kier molecular flexibility index (Phi) is 7.69. The Hall–Kier alpha value is -5.51. The van der Waals surface area contributed by atoms with Gasteiger partial charge in [-0.25, -0.2) is 19.7 Å². The smallest absolute Gasteiger partial charge is 0.335 e. The van der Waals surface area contributed by atoms with Gasteiger partial charge in [-0.05, 0) is 79.1 Å². The van der Waals surface area contributed by atoms with Crippen molar-refractivity contribution in [2.45, 2.75) is 38.1 Å². The molecule has 1 aliphatic rings. The van der Waals surface area contributed by atoms with Gasteiger partial charge in [-0.1, -0.05) is 25.3 Å². The fourth-order valence-corrected chi connectivity index (χ4v) is 6.45. The van der Waals surface area contributed by atoms with Gasteiger partial charge in [0.15, 0.2) is 0 Å². The first-order chi connectivity index (χ1) is 22.5. The summed E-state index contributed by atoms with van der Waals surface area (Å²) in [6.07, 6.45) is 7.40. The van der Waals surface area contributed by atoms with E-state index in [1.54, 1.807) is 32.5 Å². The number of carbonyl (C=O) groups is 1. The van der Waals surface area contributed by atoms with E-state index in [-0.39, 0.29) is 11.6 Å². The van der Waals surface area contributed by atoms with Crippen molar-refractivity contribution < 1.29 is 24.1 Å². The molecule has 0 radical (unpaired) electrons. The number of hydrogen-bond acceptors (Lipinski definition) is 8. The van der Waals surface area contributed by atoms with E-state index in [1.807, 2.05) is 42.5 Å². The number of methoxy groups -OCH3 is 3. The van der Waals surface area contributed by atoms with Crippen molar-refractivity contribution in [3.05, 3.63) is 78.5 Å². The van der Waals surface area contributed by atoms with E-state index >= 15 is 0 Å². The lowest BCUT2D eigenvalue weighted by atomic mass is 9.94. The van der Waals surface area contributed by atoms with E-state index in [2.05, 4.69) is 26.7 Å². The van der Waals surface area contributed by atoms with E-state index in [1.165, 1.54) is 26.4 Å². The van der Waals surface area contributed by atoms with Crippen molar-refractivity contribution in [1.82, 2.24) is 24.5 Å². The van der Waals surface area contributed by atoms with Gasteiger partial charge < -0.3 is 23.9 Å². The Bertz CT molecular complexity index is 2100. The molecular formula is C36H33N5O5. The van der Waals surface area contributed by atoms with Crippen LogP contribution in [0.1, 0.15) is 48.5 Å². The van der Waals surface area contributed by atoms with E-state index in [0.29, 0.717) is 28.8 Å². The number of carboxylic acid groups (broad SMARTS) is 1. The van der Waals surface area contributed by atoms with Crippen LogP contribution >= 0.6 is 0 Å². The molecule has 1 aliphatic carbocycles. The number of pyridine rings is 1. The lowest BCUT2D eigenvalue weighted by Crippen LogP contribution is -2.14. The molecule has 6 aromatic rings. The first-order valence-electron chi connectivity index (χ1n) is 15.3. The number of ether oxygens (including phenoxy) is 3. The summed E-state index contributed by atoms with van der Waals surface area (Å²) >= 11 is 0. The van der Waals surface area contributed by atoms with Crippen LogP contribution in [-0.4, -0.2) is 56.9 Å². The highest BCUT2D eigenvalue weighted by molar-refractivity contribution is 5.94. The molecule has 10 heteroatoms. The zero-order valence-corrected chi connectivity index (χ0v) is 25.9. The van der Waals surface area contributed by atoms with Crippen LogP contribution in [0, 0.1) is 0 Å². The molecular weight excluding hydrogens is 582 g/mol. The minimum Gasteiger partial charge on any atom is -0.497 e. The average molecular weight is 616 g/mol. The molecule has 3 aromatic heterocycles. The fraction of sp³-hybridized carbons (Fsp3) is 0.250. The SMILES string of the molecule is COc1ccc(-c2cnc(OC)nc2OC)c(-c2ccc3cc(-c4nc5cc(C(=O)O)ccc5n4C4CCCCC4)ccc3n2)c1. The number of fused-ring (bicyclic) bond motifs is 2. The molecule has 0 spiro atoms. The predicted molar refractivity (Wildman–Crippen MR) is 176 cm³/mol. The van der Waals surface area contributed by atoms with Crippen LogP contribution in [0.2, 0.25) is 0 Å². The van der Waals surface area contributed by atoms with Crippen LogP contribution in [-0.2, 0) is 0 Å². The number of imidazole rings is 1. The van der Waals surface area contributed by atoms with Crippen molar-refractivity contribution >= 4 is 27.9 Å². The highest BCUT2D eigenvalue weighted by Gasteiger charge is 2.24. The third kappa shape index (κ3) is 5.25. The standard InChI is InChI=1S/C36H33N5O5/c1-44-25-12-13-26(28-20-37-36(46-3)40-34(28)45-2)27(19-25)30-15-9-21-17-22(10-14-29(21)38-30)33-39-31-18-23(35(42)43)11-16-32(31)41(33)24-7-5-4-6-8-24/h9-20,24H,4-8H2,1-3H3,(H,42,43). The second-order valence-electron chi connectivity index (χ2n) is 11.4. The molecule has 10 nitrogen and oxygen atoms in total. The number of benzene rings is 3. The Morgan fingerprint density at radius 2 is 1.63 bits per heavy atom. The van der Waals surface area contributed by atoms with Gasteiger partial charge in [0.2, 0.25) is 5.88 Å². The highest BCUT2D eigenvalue weighted by Crippen LogP contribution is 2.40. The Morgan fingerprint density at radius 1 is 0.783 bits per heavy atom. The first kappa shape index (κ1) is 29.2. The summed E-state index contributed by atoms with van der Waals surface area (Å²) in [4.78, 5) is 30.5. The molecule has 232 valence electrons. The molecule has 0 amide bonds. The van der Waals surface area contributed by atoms with Crippen molar-refractivity contribution in [2.24, 2.45) is 0 Å². The number of aromatic nitrogens is 5. The second-order valence-corrected chi connectivity index (χ2v) is 11.4. The number of rotatable bonds is 8. The van der Waals surface area contributed by atoms with E-state index in [4.69, 9.17) is 24.2 Å². The normalized spacial score (nSPS) is 13.6. The summed E-state index contributed by atoms with van der Waals surface area (Å²) in [5.41, 5.74) is 6.80. The van der Waals surface area contributed by atoms with Gasteiger partial charge in [0.1, 0.15) is 11.6 Å². The highest BCUT2D eigenvalue weighted by atomic mass is 16.5. The summed E-state index contributed by atoms with van der Waals surface area (Å²) in [5, 5.41) is 10.6. The minimum absolute atomic E-state index is 0.217. The maximum Gasteiger partial charge on any atom is 0.335 e. The van der Waals surface area contributed by atoms with Crippen LogP contribution in [0.25, 0.3) is 55.7 Å². The number of carboxylic acids is 1. The maximum atomic E-state index is 11.7. The summed E-state index contributed by atoms with van der Waals surface area (Å²) in [6.45, 7) is 0.